The van der Waals surface area contributed by atoms with Crippen LogP contribution in [0.15, 0.2) is 67.2 Å². The Morgan fingerprint density at radius 2 is 1.83 bits per heavy atom. The molecule has 5 rings (SSSR count). The summed E-state index contributed by atoms with van der Waals surface area (Å²) in [5.74, 6) is -2.25. The molecule has 16 heteroatoms. The van der Waals surface area contributed by atoms with Crippen molar-refractivity contribution in [3.8, 4) is 11.3 Å². The Morgan fingerprint density at radius 1 is 1.07 bits per heavy atom. The van der Waals surface area contributed by atoms with Crippen LogP contribution >= 0.6 is 7.60 Å². The Morgan fingerprint density at radius 3 is 2.60 bits per heavy atom. The second kappa shape index (κ2) is 12.2. The van der Waals surface area contributed by atoms with Crippen LogP contribution < -0.4 is 17.1 Å². The van der Waals surface area contributed by atoms with Gasteiger partial charge in [0.25, 0.3) is 5.56 Å². The van der Waals surface area contributed by atoms with Crippen molar-refractivity contribution in [2.24, 2.45) is 0 Å². The van der Waals surface area contributed by atoms with E-state index in [1.807, 2.05) is 0 Å². The molecule has 0 fully saturated rings. The van der Waals surface area contributed by atoms with Crippen molar-refractivity contribution in [3.63, 3.8) is 0 Å². The van der Waals surface area contributed by atoms with Gasteiger partial charge in [0, 0.05) is 12.1 Å². The molecule has 0 aliphatic carbocycles. The average molecular weight is 603 g/mol. The molecule has 0 bridgehead atoms. The van der Waals surface area contributed by atoms with Crippen LogP contribution in [0.5, 0.6) is 0 Å². The Hall–Kier alpha value is -4.43. The Labute approximate surface area is 235 Å². The lowest BCUT2D eigenvalue weighted by Gasteiger charge is -2.19. The van der Waals surface area contributed by atoms with Gasteiger partial charge in [0.1, 0.15) is 24.6 Å². The van der Waals surface area contributed by atoms with Crippen molar-refractivity contribution in [2.45, 2.75) is 26.7 Å². The smallest absolute Gasteiger partial charge is 0.393 e. The van der Waals surface area contributed by atoms with Crippen LogP contribution in [-0.2, 0) is 38.1 Å². The molecule has 3 heterocycles. The van der Waals surface area contributed by atoms with E-state index in [0.717, 1.165) is 0 Å². The predicted octanol–water partition coefficient (Wildman–Crippen LogP) is 4.10. The fraction of sp³-hybridized carbons (Fsp3) is 0.231. The first-order valence-electron chi connectivity index (χ1n) is 12.4. The van der Waals surface area contributed by atoms with Gasteiger partial charge in [0.05, 0.1) is 19.5 Å². The summed E-state index contributed by atoms with van der Waals surface area (Å²) in [4.78, 5) is 34.3. The molecule has 3 N–H and O–H groups in total. The highest BCUT2D eigenvalue weighted by atomic mass is 31.2. The maximum absolute atomic E-state index is 14.0. The maximum Gasteiger partial charge on any atom is 0.519 e. The molecule has 42 heavy (non-hydrogen) atoms. The van der Waals surface area contributed by atoms with Gasteiger partial charge in [-0.25, -0.2) is 18.6 Å². The molecule has 220 valence electrons. The lowest BCUT2D eigenvalue weighted by Crippen LogP contribution is -2.13. The Balaban J connectivity index is 1.30. The third-order valence-electron chi connectivity index (χ3n) is 6.03. The number of hydrogen-bond acceptors (Lipinski definition) is 11. The van der Waals surface area contributed by atoms with Gasteiger partial charge in [-0.2, -0.15) is 4.98 Å². The number of nitrogens with one attached hydrogen (secondary N) is 1. The molecular weight excluding hydrogens is 579 g/mol. The van der Waals surface area contributed by atoms with Gasteiger partial charge >= 0.3 is 13.4 Å². The molecular formula is C26H24F2N5O8P. The lowest BCUT2D eigenvalue weighted by molar-refractivity contribution is 0.114. The molecule has 0 aliphatic rings. The summed E-state index contributed by atoms with van der Waals surface area (Å²) in [7, 11) is -4.08. The summed E-state index contributed by atoms with van der Waals surface area (Å²) in [6, 6.07) is 9.47. The number of imidazole rings is 1. The van der Waals surface area contributed by atoms with E-state index in [1.165, 1.54) is 41.2 Å². The number of nitrogens with two attached hydrogens (primary N) is 1. The van der Waals surface area contributed by atoms with E-state index in [1.54, 1.807) is 19.1 Å². The molecule has 1 atom stereocenters. The van der Waals surface area contributed by atoms with E-state index < -0.39 is 43.6 Å². The fourth-order valence-corrected chi connectivity index (χ4v) is 5.10. The zero-order chi connectivity index (χ0) is 29.9. The van der Waals surface area contributed by atoms with Crippen molar-refractivity contribution < 1.29 is 36.0 Å². The summed E-state index contributed by atoms with van der Waals surface area (Å²) >= 11 is 0. The molecule has 5 aromatic rings. The highest BCUT2D eigenvalue weighted by molar-refractivity contribution is 7.53. The number of nitrogen functional groups attached to an aromatic ring is 1. The molecule has 0 spiro atoms. The molecule has 0 radical (unpaired) electrons. The van der Waals surface area contributed by atoms with Gasteiger partial charge in [0.2, 0.25) is 5.95 Å². The zero-order valence-electron chi connectivity index (χ0n) is 22.0. The molecule has 0 saturated carbocycles. The van der Waals surface area contributed by atoms with Crippen LogP contribution in [0.2, 0.25) is 0 Å². The number of hydrogen-bond donors (Lipinski definition) is 2. The van der Waals surface area contributed by atoms with E-state index >= 15 is 0 Å². The van der Waals surface area contributed by atoms with Crippen molar-refractivity contribution in [1.29, 1.82) is 0 Å². The minimum atomic E-state index is -4.08. The number of nitrogens with zero attached hydrogens (tertiary/aromatic N) is 3. The molecule has 0 aliphatic heterocycles. The minimum Gasteiger partial charge on any atom is -0.393 e. The highest BCUT2D eigenvalue weighted by Gasteiger charge is 2.28. The van der Waals surface area contributed by atoms with Crippen molar-refractivity contribution in [1.82, 2.24) is 19.5 Å². The first-order chi connectivity index (χ1) is 20.1. The average Bonchev–Trinajstić information content (AvgIpc) is 3.54. The molecule has 13 nitrogen and oxygen atoms in total. The summed E-state index contributed by atoms with van der Waals surface area (Å²) in [6.45, 7) is 0.913. The highest BCUT2D eigenvalue weighted by Crippen LogP contribution is 2.50. The maximum atomic E-state index is 14.0. The monoisotopic (exact) mass is 603 g/mol. The summed E-state index contributed by atoms with van der Waals surface area (Å²) in [5.41, 5.74) is 6.58. The predicted molar refractivity (Wildman–Crippen MR) is 144 cm³/mol. The molecule has 1 unspecified atom stereocenters. The molecule has 0 amide bonds. The molecule has 3 aromatic heterocycles. The van der Waals surface area contributed by atoms with Crippen LogP contribution in [0.3, 0.4) is 0 Å². The van der Waals surface area contributed by atoms with Crippen LogP contribution in [0, 0.1) is 18.6 Å². The topological polar surface area (TPSA) is 178 Å². The fourth-order valence-electron chi connectivity index (χ4n) is 3.87. The van der Waals surface area contributed by atoms with E-state index in [2.05, 4.69) is 15.0 Å². The molecule has 2 aromatic carbocycles. The second-order valence-electron chi connectivity index (χ2n) is 9.05. The summed E-state index contributed by atoms with van der Waals surface area (Å²) in [6.07, 6.45) is 0.838. The van der Waals surface area contributed by atoms with Crippen LogP contribution in [-0.4, -0.2) is 32.5 Å². The molecule has 0 saturated heterocycles. The number of aryl methyl sites for hydroxylation is 1. The lowest BCUT2D eigenvalue weighted by atomic mass is 10.1. The number of benzene rings is 2. The van der Waals surface area contributed by atoms with E-state index in [4.69, 9.17) is 28.4 Å². The van der Waals surface area contributed by atoms with E-state index in [9.17, 15) is 22.9 Å². The number of aromatic nitrogens is 4. The number of H-pyrrole nitrogens is 1. The third-order valence-corrected chi connectivity index (χ3v) is 7.57. The normalized spacial score (nSPS) is 13.0. The first kappa shape index (κ1) is 29.1. The first-order valence-corrected chi connectivity index (χ1v) is 14.1. The summed E-state index contributed by atoms with van der Waals surface area (Å²) in [5, 5.41) is 0. The van der Waals surface area contributed by atoms with Crippen molar-refractivity contribution in [3.05, 3.63) is 98.3 Å². The van der Waals surface area contributed by atoms with Gasteiger partial charge in [0.15, 0.2) is 22.7 Å². The second-order valence-corrected chi connectivity index (χ2v) is 11.0. The number of anilines is 1. The van der Waals surface area contributed by atoms with Gasteiger partial charge in [-0.15, -0.1) is 0 Å². The zero-order valence-corrected chi connectivity index (χ0v) is 22.9. The largest absolute Gasteiger partial charge is 0.519 e. The standard InChI is InChI=1S/C26H24F2N5O8P/c1-15-2-3-16(10-19(15)28)11-38-42(36,14-37-9-8-33-13-30-21-23(33)31-25(29)32-24(21)34)39-12-20-22(41-26(35)40-20)17-4-6-18(27)7-5-17/h2-7,10,13H,8-9,11-12,14H2,1H3,(H3,29,31,32,34). The number of fused-ring (bicyclic) bond motifs is 1. The van der Waals surface area contributed by atoms with Crippen LogP contribution in [0.25, 0.3) is 22.5 Å². The van der Waals surface area contributed by atoms with E-state index in [-0.39, 0.29) is 48.4 Å². The number of halogens is 2. The van der Waals surface area contributed by atoms with Crippen LogP contribution in [0.4, 0.5) is 14.7 Å². The van der Waals surface area contributed by atoms with E-state index in [0.29, 0.717) is 16.7 Å². The van der Waals surface area contributed by atoms with Crippen molar-refractivity contribution >= 4 is 24.7 Å². The quantitative estimate of drug-likeness (QED) is 0.155. The summed E-state index contributed by atoms with van der Waals surface area (Å²) < 4.78 is 69.6. The number of aromatic amines is 1. The SMILES string of the molecule is Cc1ccc(COP(=O)(COCCn2cnc3c(=O)[nH]c(N)nc32)OCc2oc(=O)oc2-c2ccc(F)cc2)cc1F. The van der Waals surface area contributed by atoms with Gasteiger partial charge < -0.3 is 28.4 Å². The van der Waals surface area contributed by atoms with Gasteiger partial charge in [-0.3, -0.25) is 18.9 Å². The van der Waals surface area contributed by atoms with Gasteiger partial charge in [-0.05, 0) is 48.4 Å². The van der Waals surface area contributed by atoms with Crippen LogP contribution in [0.1, 0.15) is 16.9 Å². The Bertz CT molecular complexity index is 1880. The van der Waals surface area contributed by atoms with Crippen molar-refractivity contribution in [2.75, 3.05) is 18.7 Å². The minimum absolute atomic E-state index is 0.0304. The number of ether oxygens (including phenoxy) is 1. The third kappa shape index (κ3) is 6.71. The Kier molecular flexibility index (Phi) is 8.45. The number of rotatable bonds is 12. The van der Waals surface area contributed by atoms with Gasteiger partial charge in [-0.1, -0.05) is 12.1 Å².